The lowest BCUT2D eigenvalue weighted by molar-refractivity contribution is -0.139. The van der Waals surface area contributed by atoms with E-state index < -0.39 is 5.41 Å². The molecule has 0 spiro atoms. The van der Waals surface area contributed by atoms with E-state index in [1.165, 1.54) is 0 Å². The highest BCUT2D eigenvalue weighted by molar-refractivity contribution is 7.99. The molecule has 1 aliphatic rings. The van der Waals surface area contributed by atoms with Crippen LogP contribution in [0.15, 0.2) is 0 Å². The average molecular weight is 253 g/mol. The third kappa shape index (κ3) is 3.85. The summed E-state index contributed by atoms with van der Waals surface area (Å²) in [5, 5.41) is 0.557. The van der Waals surface area contributed by atoms with Crippen LogP contribution in [0.1, 0.15) is 20.8 Å². The summed E-state index contributed by atoms with van der Waals surface area (Å²) in [5.41, 5.74) is 5.19. The first kappa shape index (κ1) is 15.1. The van der Waals surface area contributed by atoms with Gasteiger partial charge in [0, 0.05) is 30.6 Å². The van der Waals surface area contributed by atoms with Gasteiger partial charge in [0.1, 0.15) is 0 Å². The first-order valence-electron chi connectivity index (χ1n) is 5.08. The summed E-state index contributed by atoms with van der Waals surface area (Å²) in [6.07, 6.45) is 0. The number of nitrogens with zero attached hydrogens (tertiary/aromatic N) is 1. The van der Waals surface area contributed by atoms with Crippen molar-refractivity contribution >= 4 is 30.1 Å². The Morgan fingerprint density at radius 1 is 1.60 bits per heavy atom. The van der Waals surface area contributed by atoms with Crippen molar-refractivity contribution in [1.82, 2.24) is 4.90 Å². The zero-order valence-electron chi connectivity index (χ0n) is 9.66. The Labute approximate surface area is 103 Å². The predicted octanol–water partition coefficient (Wildman–Crippen LogP) is 1.36. The minimum Gasteiger partial charge on any atom is -0.340 e. The molecule has 2 N–H and O–H groups in total. The lowest BCUT2D eigenvalue weighted by atomic mass is 9.92. The summed E-state index contributed by atoms with van der Waals surface area (Å²) >= 11 is 1.93. The highest BCUT2D eigenvalue weighted by Crippen LogP contribution is 2.23. The van der Waals surface area contributed by atoms with Gasteiger partial charge in [-0.3, -0.25) is 4.79 Å². The number of carbonyl (C=O) groups is 1. The molecular formula is C10H21ClN2OS. The third-order valence-electron chi connectivity index (χ3n) is 2.62. The topological polar surface area (TPSA) is 46.3 Å². The molecule has 15 heavy (non-hydrogen) atoms. The molecule has 0 radical (unpaired) electrons. The van der Waals surface area contributed by atoms with Crippen LogP contribution in [-0.4, -0.2) is 41.4 Å². The van der Waals surface area contributed by atoms with Crippen molar-refractivity contribution in [2.24, 2.45) is 11.1 Å². The normalized spacial score (nSPS) is 22.1. The number of amides is 1. The van der Waals surface area contributed by atoms with Crippen LogP contribution in [0.25, 0.3) is 0 Å². The molecule has 1 amide bonds. The molecule has 1 unspecified atom stereocenters. The summed E-state index contributed by atoms with van der Waals surface area (Å²) in [7, 11) is 0. The maximum absolute atomic E-state index is 12.0. The number of halogens is 1. The molecule has 1 rings (SSSR count). The van der Waals surface area contributed by atoms with Crippen LogP contribution in [-0.2, 0) is 4.79 Å². The van der Waals surface area contributed by atoms with E-state index in [1.54, 1.807) is 0 Å². The van der Waals surface area contributed by atoms with Gasteiger partial charge in [-0.25, -0.2) is 0 Å². The third-order valence-corrected chi connectivity index (χ3v) is 3.75. The number of nitrogens with two attached hydrogens (primary N) is 1. The molecular weight excluding hydrogens is 232 g/mol. The van der Waals surface area contributed by atoms with Crippen LogP contribution in [0, 0.1) is 5.41 Å². The van der Waals surface area contributed by atoms with Gasteiger partial charge in [0.15, 0.2) is 0 Å². The Morgan fingerprint density at radius 2 is 2.20 bits per heavy atom. The average Bonchev–Trinajstić information content (AvgIpc) is 2.16. The number of rotatable bonds is 2. The van der Waals surface area contributed by atoms with E-state index in [-0.39, 0.29) is 18.3 Å². The van der Waals surface area contributed by atoms with Crippen LogP contribution in [0.3, 0.4) is 0 Å². The lowest BCUT2D eigenvalue weighted by Crippen LogP contribution is -2.49. The minimum absolute atomic E-state index is 0. The van der Waals surface area contributed by atoms with E-state index in [4.69, 9.17) is 5.73 Å². The van der Waals surface area contributed by atoms with Crippen molar-refractivity contribution in [3.8, 4) is 0 Å². The quantitative estimate of drug-likeness (QED) is 0.807. The highest BCUT2D eigenvalue weighted by Gasteiger charge is 2.32. The molecule has 90 valence electrons. The molecule has 1 atom stereocenters. The Bertz CT molecular complexity index is 223. The number of carbonyl (C=O) groups excluding carboxylic acids is 1. The van der Waals surface area contributed by atoms with E-state index in [0.29, 0.717) is 11.8 Å². The minimum atomic E-state index is -0.401. The molecule has 0 aromatic carbocycles. The fourth-order valence-corrected chi connectivity index (χ4v) is 2.53. The fourth-order valence-electron chi connectivity index (χ4n) is 1.52. The molecule has 0 saturated carbocycles. The zero-order valence-corrected chi connectivity index (χ0v) is 11.3. The lowest BCUT2D eigenvalue weighted by Gasteiger charge is -2.35. The van der Waals surface area contributed by atoms with E-state index in [1.807, 2.05) is 30.5 Å². The number of hydrogen-bond donors (Lipinski definition) is 1. The summed E-state index contributed by atoms with van der Waals surface area (Å²) in [5.74, 6) is 1.25. The molecule has 0 aromatic heterocycles. The fraction of sp³-hybridized carbons (Fsp3) is 0.900. The van der Waals surface area contributed by atoms with Gasteiger partial charge in [-0.05, 0) is 13.8 Å². The maximum atomic E-state index is 12.0. The molecule has 1 heterocycles. The number of hydrogen-bond acceptors (Lipinski definition) is 3. The molecule has 1 aliphatic heterocycles. The van der Waals surface area contributed by atoms with Gasteiger partial charge in [-0.15, -0.1) is 12.4 Å². The van der Waals surface area contributed by atoms with Crippen LogP contribution in [0.4, 0.5) is 0 Å². The van der Waals surface area contributed by atoms with Gasteiger partial charge < -0.3 is 10.6 Å². The zero-order chi connectivity index (χ0) is 10.8. The van der Waals surface area contributed by atoms with E-state index >= 15 is 0 Å². The Kier molecular flexibility index (Phi) is 5.99. The van der Waals surface area contributed by atoms with Crippen molar-refractivity contribution in [3.63, 3.8) is 0 Å². The molecule has 1 fully saturated rings. The van der Waals surface area contributed by atoms with Crippen LogP contribution in [0.2, 0.25) is 0 Å². The van der Waals surface area contributed by atoms with Gasteiger partial charge in [0.2, 0.25) is 5.91 Å². The Balaban J connectivity index is 0.00000196. The summed E-state index contributed by atoms with van der Waals surface area (Å²) < 4.78 is 0. The summed E-state index contributed by atoms with van der Waals surface area (Å²) in [4.78, 5) is 14.0. The predicted molar refractivity (Wildman–Crippen MR) is 68.6 cm³/mol. The van der Waals surface area contributed by atoms with Crippen LogP contribution in [0.5, 0.6) is 0 Å². The van der Waals surface area contributed by atoms with Crippen LogP contribution < -0.4 is 5.73 Å². The standard InChI is InChI=1S/C10H20N2OS.ClH/c1-8-6-12(4-5-14-8)9(13)10(2,3)7-11;/h8H,4-7,11H2,1-3H3;1H. The first-order chi connectivity index (χ1) is 6.47. The van der Waals surface area contributed by atoms with Crippen molar-refractivity contribution in [1.29, 1.82) is 0 Å². The van der Waals surface area contributed by atoms with E-state index in [2.05, 4.69) is 6.92 Å². The molecule has 0 aromatic rings. The largest absolute Gasteiger partial charge is 0.340 e. The second-order valence-corrected chi connectivity index (χ2v) is 6.07. The second-order valence-electron chi connectivity index (χ2n) is 4.52. The molecule has 0 bridgehead atoms. The van der Waals surface area contributed by atoms with Gasteiger partial charge >= 0.3 is 0 Å². The monoisotopic (exact) mass is 252 g/mol. The van der Waals surface area contributed by atoms with Gasteiger partial charge in [0.05, 0.1) is 5.41 Å². The summed E-state index contributed by atoms with van der Waals surface area (Å²) in [6.45, 7) is 8.16. The van der Waals surface area contributed by atoms with E-state index in [9.17, 15) is 4.79 Å². The Morgan fingerprint density at radius 3 is 2.67 bits per heavy atom. The van der Waals surface area contributed by atoms with Crippen molar-refractivity contribution in [2.45, 2.75) is 26.0 Å². The molecule has 3 nitrogen and oxygen atoms in total. The van der Waals surface area contributed by atoms with E-state index in [0.717, 1.165) is 18.8 Å². The maximum Gasteiger partial charge on any atom is 0.229 e. The SMILES string of the molecule is CC1CN(C(=O)C(C)(C)CN)CCS1.Cl. The molecule has 5 heteroatoms. The first-order valence-corrected chi connectivity index (χ1v) is 6.13. The van der Waals surface area contributed by atoms with Gasteiger partial charge in [-0.1, -0.05) is 6.92 Å². The highest BCUT2D eigenvalue weighted by atomic mass is 35.5. The smallest absolute Gasteiger partial charge is 0.229 e. The van der Waals surface area contributed by atoms with Gasteiger partial charge in [0.25, 0.3) is 0 Å². The second kappa shape index (κ2) is 5.97. The van der Waals surface area contributed by atoms with Crippen LogP contribution >= 0.6 is 24.2 Å². The molecule has 0 aliphatic carbocycles. The van der Waals surface area contributed by atoms with Gasteiger partial charge in [-0.2, -0.15) is 11.8 Å². The number of thioether (sulfide) groups is 1. The summed E-state index contributed by atoms with van der Waals surface area (Å²) in [6, 6.07) is 0. The van der Waals surface area contributed by atoms with Crippen molar-refractivity contribution < 1.29 is 4.79 Å². The van der Waals surface area contributed by atoms with Crippen molar-refractivity contribution in [2.75, 3.05) is 25.4 Å². The van der Waals surface area contributed by atoms with Crippen molar-refractivity contribution in [3.05, 3.63) is 0 Å². The molecule has 1 saturated heterocycles. The Hall–Kier alpha value is 0.0700.